The van der Waals surface area contributed by atoms with E-state index in [1.807, 2.05) is 5.43 Å². The number of aromatic nitrogens is 1. The van der Waals surface area contributed by atoms with E-state index >= 15 is 0 Å². The number of nitrogens with zero attached hydrogens (tertiary/aromatic N) is 1. The number of nitrogens with one attached hydrogen (secondary N) is 2. The summed E-state index contributed by atoms with van der Waals surface area (Å²) in [5.74, 6) is -1.27. The fourth-order valence-electron chi connectivity index (χ4n) is 3.63. The molecule has 3 aromatic rings. The molecule has 2 aromatic heterocycles. The third kappa shape index (κ3) is 4.37. The summed E-state index contributed by atoms with van der Waals surface area (Å²) in [6.45, 7) is 2.13. The van der Waals surface area contributed by atoms with Crippen molar-refractivity contribution in [3.63, 3.8) is 0 Å². The van der Waals surface area contributed by atoms with Crippen molar-refractivity contribution in [2.75, 3.05) is 0 Å². The van der Waals surface area contributed by atoms with Crippen LogP contribution in [-0.2, 0) is 23.2 Å². The van der Waals surface area contributed by atoms with Crippen molar-refractivity contribution in [3.05, 3.63) is 50.7 Å². The minimum absolute atomic E-state index is 0.292. The fourth-order valence-corrected chi connectivity index (χ4v) is 5.81. The number of thiazole rings is 1. The third-order valence-corrected chi connectivity index (χ3v) is 7.82. The number of fused-ring (bicyclic) bond motifs is 2. The highest BCUT2D eigenvalue weighted by Gasteiger charge is 2.58. The number of hydrogen-bond donors (Lipinski definition) is 3. The Morgan fingerprint density at radius 2 is 1.97 bits per heavy atom. The number of benzene rings is 1. The van der Waals surface area contributed by atoms with Gasteiger partial charge in [0.25, 0.3) is 5.91 Å². The fraction of sp³-hybridized carbons (Fsp3) is 0.381. The largest absolute Gasteiger partial charge is 0.424 e. The van der Waals surface area contributed by atoms with E-state index in [4.69, 9.17) is 0 Å². The Morgan fingerprint density at radius 3 is 2.69 bits per heavy atom. The first-order chi connectivity index (χ1) is 15.1. The molecule has 0 bridgehead atoms. The minimum atomic E-state index is -5.15. The average Bonchev–Trinajstić information content (AvgIpc) is 3.35. The van der Waals surface area contributed by atoms with Crippen LogP contribution >= 0.6 is 22.7 Å². The van der Waals surface area contributed by atoms with Crippen LogP contribution in [-0.4, -0.2) is 28.1 Å². The Kier molecular flexibility index (Phi) is 5.99. The first-order valence-corrected chi connectivity index (χ1v) is 11.6. The van der Waals surface area contributed by atoms with E-state index in [1.54, 1.807) is 24.3 Å². The smallest absolute Gasteiger partial charge is 0.374 e. The molecular weight excluding hydrogens is 463 g/mol. The van der Waals surface area contributed by atoms with Gasteiger partial charge in [-0.25, -0.2) is 4.98 Å². The molecule has 2 heterocycles. The number of aliphatic hydroxyl groups is 1. The molecule has 0 saturated heterocycles. The number of halogens is 3. The Bertz CT molecular complexity index is 1140. The van der Waals surface area contributed by atoms with Gasteiger partial charge in [-0.1, -0.05) is 19.1 Å². The lowest BCUT2D eigenvalue weighted by atomic mass is 9.90. The first kappa shape index (κ1) is 22.7. The molecule has 0 spiro atoms. The predicted molar refractivity (Wildman–Crippen MR) is 115 cm³/mol. The van der Waals surface area contributed by atoms with Crippen LogP contribution in [0.1, 0.15) is 44.9 Å². The molecule has 4 rings (SSSR count). The van der Waals surface area contributed by atoms with Crippen molar-refractivity contribution in [1.82, 2.24) is 15.8 Å². The van der Waals surface area contributed by atoms with Crippen LogP contribution < -0.4 is 10.9 Å². The molecule has 0 aliphatic heterocycles. The van der Waals surface area contributed by atoms with Crippen LogP contribution in [0.5, 0.6) is 0 Å². The molecule has 0 saturated carbocycles. The van der Waals surface area contributed by atoms with Crippen LogP contribution in [0.2, 0.25) is 0 Å². The van der Waals surface area contributed by atoms with Crippen molar-refractivity contribution < 1.29 is 27.9 Å². The zero-order valence-corrected chi connectivity index (χ0v) is 18.6. The lowest BCUT2D eigenvalue weighted by molar-refractivity contribution is -0.267. The summed E-state index contributed by atoms with van der Waals surface area (Å²) in [5.41, 5.74) is 2.03. The van der Waals surface area contributed by atoms with Gasteiger partial charge in [0.15, 0.2) is 0 Å². The molecule has 3 N–H and O–H groups in total. The summed E-state index contributed by atoms with van der Waals surface area (Å²) in [7, 11) is 0. The quantitative estimate of drug-likeness (QED) is 0.488. The second kappa shape index (κ2) is 8.45. The standard InChI is InChI=1S/C21H20F3N3O3S2/c1-11-6-7-14-12(8-11)9-16(31-14)18(29)27-26-17(28)10-20(30,21(22,23)24)19-25-13-4-2-3-5-15(13)32-19/h2-5,9,11,30H,6-8,10H2,1H3,(H,26,28)(H,27,29). The molecular formula is C21H20F3N3O3S2. The topological polar surface area (TPSA) is 91.3 Å². The van der Waals surface area contributed by atoms with E-state index in [-0.39, 0.29) is 0 Å². The van der Waals surface area contributed by atoms with Gasteiger partial charge in [-0.15, -0.1) is 22.7 Å². The maximum Gasteiger partial charge on any atom is 0.424 e. The van der Waals surface area contributed by atoms with Crippen molar-refractivity contribution in [1.29, 1.82) is 0 Å². The molecule has 0 fully saturated rings. The zero-order chi connectivity index (χ0) is 23.1. The number of amides is 2. The molecule has 6 nitrogen and oxygen atoms in total. The highest BCUT2D eigenvalue weighted by atomic mass is 32.1. The molecule has 1 aliphatic rings. The average molecular weight is 484 g/mol. The summed E-state index contributed by atoms with van der Waals surface area (Å²) in [5, 5.41) is 9.83. The Labute approximate surface area is 189 Å². The zero-order valence-electron chi connectivity index (χ0n) is 17.0. The number of hydrazine groups is 1. The maximum absolute atomic E-state index is 13.8. The van der Waals surface area contributed by atoms with Crippen LogP contribution in [0.25, 0.3) is 10.2 Å². The van der Waals surface area contributed by atoms with E-state index in [1.165, 1.54) is 17.4 Å². The van der Waals surface area contributed by atoms with E-state index in [9.17, 15) is 27.9 Å². The van der Waals surface area contributed by atoms with E-state index in [0.717, 1.165) is 29.7 Å². The summed E-state index contributed by atoms with van der Waals surface area (Å²) in [6, 6.07) is 8.11. The van der Waals surface area contributed by atoms with Gasteiger partial charge in [0.1, 0.15) is 5.01 Å². The number of carbonyl (C=O) groups excluding carboxylic acids is 2. The number of thiophene rings is 1. The second-order valence-electron chi connectivity index (χ2n) is 7.93. The molecule has 1 aliphatic carbocycles. The maximum atomic E-state index is 13.8. The van der Waals surface area contributed by atoms with E-state index < -0.39 is 35.0 Å². The SMILES string of the molecule is CC1CCc2sc(C(=O)NNC(=O)CC(O)(c3nc4ccccc4s3)C(F)(F)F)cc2C1. The number of carbonyl (C=O) groups is 2. The van der Waals surface area contributed by atoms with Crippen molar-refractivity contribution in [3.8, 4) is 0 Å². The van der Waals surface area contributed by atoms with Crippen LogP contribution in [0, 0.1) is 5.92 Å². The first-order valence-electron chi connectivity index (χ1n) is 9.93. The van der Waals surface area contributed by atoms with E-state index in [0.29, 0.717) is 32.3 Å². The summed E-state index contributed by atoms with van der Waals surface area (Å²) in [4.78, 5) is 30.0. The predicted octanol–water partition coefficient (Wildman–Crippen LogP) is 4.08. The highest BCUT2D eigenvalue weighted by Crippen LogP contribution is 2.44. The lowest BCUT2D eigenvalue weighted by Gasteiger charge is -2.27. The number of para-hydroxylation sites is 1. The monoisotopic (exact) mass is 483 g/mol. The molecule has 2 atom stereocenters. The van der Waals surface area contributed by atoms with Gasteiger partial charge in [-0.05, 0) is 48.9 Å². The second-order valence-corrected chi connectivity index (χ2v) is 10.1. The van der Waals surface area contributed by atoms with Crippen LogP contribution in [0.4, 0.5) is 13.2 Å². The molecule has 2 unspecified atom stereocenters. The third-order valence-electron chi connectivity index (χ3n) is 5.40. The minimum Gasteiger partial charge on any atom is -0.374 e. The van der Waals surface area contributed by atoms with Crippen molar-refractivity contribution >= 4 is 44.7 Å². The van der Waals surface area contributed by atoms with Gasteiger partial charge >= 0.3 is 6.18 Å². The number of hydrogen-bond acceptors (Lipinski definition) is 6. The van der Waals surface area contributed by atoms with Gasteiger partial charge in [0.05, 0.1) is 21.5 Å². The van der Waals surface area contributed by atoms with Crippen LogP contribution in [0.15, 0.2) is 30.3 Å². The molecule has 32 heavy (non-hydrogen) atoms. The van der Waals surface area contributed by atoms with E-state index in [2.05, 4.69) is 17.3 Å². The molecule has 1 aromatic carbocycles. The number of aryl methyl sites for hydroxylation is 1. The number of rotatable bonds is 4. The van der Waals surface area contributed by atoms with Crippen molar-refractivity contribution in [2.24, 2.45) is 5.92 Å². The Balaban J connectivity index is 1.45. The molecule has 0 radical (unpaired) electrons. The normalized spacial score (nSPS) is 18.1. The highest BCUT2D eigenvalue weighted by molar-refractivity contribution is 7.18. The number of alkyl halides is 3. The van der Waals surface area contributed by atoms with Gasteiger partial charge in [0, 0.05) is 4.88 Å². The summed E-state index contributed by atoms with van der Waals surface area (Å²) < 4.78 is 41.7. The van der Waals surface area contributed by atoms with Gasteiger partial charge in [-0.3, -0.25) is 20.4 Å². The lowest BCUT2D eigenvalue weighted by Crippen LogP contribution is -2.49. The Hall–Kier alpha value is -2.50. The van der Waals surface area contributed by atoms with Crippen LogP contribution in [0.3, 0.4) is 0 Å². The van der Waals surface area contributed by atoms with Gasteiger partial charge in [0.2, 0.25) is 11.5 Å². The Morgan fingerprint density at radius 1 is 1.22 bits per heavy atom. The molecule has 170 valence electrons. The molecule has 2 amide bonds. The summed E-state index contributed by atoms with van der Waals surface area (Å²) >= 11 is 1.98. The summed E-state index contributed by atoms with van der Waals surface area (Å²) in [6.07, 6.45) is -3.71. The van der Waals surface area contributed by atoms with Gasteiger partial charge < -0.3 is 5.11 Å². The molecule has 11 heteroatoms. The van der Waals surface area contributed by atoms with Gasteiger partial charge in [-0.2, -0.15) is 13.2 Å². The van der Waals surface area contributed by atoms with Crippen molar-refractivity contribution in [2.45, 2.75) is 44.4 Å².